The number of hydrogen-bond acceptors (Lipinski definition) is 1. The third-order valence-electron chi connectivity index (χ3n) is 3.93. The summed E-state index contributed by atoms with van der Waals surface area (Å²) in [5.74, 6) is 6.89. The topological polar surface area (TPSA) is 3.24 Å². The highest BCUT2D eigenvalue weighted by molar-refractivity contribution is 5.25. The molecule has 0 saturated carbocycles. The molecule has 0 bridgehead atoms. The van der Waals surface area contributed by atoms with Crippen molar-refractivity contribution in [2.75, 3.05) is 19.6 Å². The highest BCUT2D eigenvalue weighted by Crippen LogP contribution is 2.27. The van der Waals surface area contributed by atoms with Crippen LogP contribution >= 0.6 is 0 Å². The Kier molecular flexibility index (Phi) is 4.84. The third kappa shape index (κ3) is 3.37. The lowest BCUT2D eigenvalue weighted by molar-refractivity contribution is 0.236. The lowest BCUT2D eigenvalue weighted by atomic mass is 9.89. The van der Waals surface area contributed by atoms with E-state index in [4.69, 9.17) is 0 Å². The minimum absolute atomic E-state index is 0.752. The molecule has 1 aromatic rings. The fraction of sp³-hybridized carbons (Fsp3) is 0.529. The molecule has 0 aliphatic carbocycles. The van der Waals surface area contributed by atoms with Crippen LogP contribution in [0.15, 0.2) is 24.3 Å². The van der Waals surface area contributed by atoms with E-state index in [1.54, 1.807) is 0 Å². The average Bonchev–Trinajstić information content (AvgIpc) is 2.46. The Bertz CT molecular complexity index is 413. The summed E-state index contributed by atoms with van der Waals surface area (Å²) >= 11 is 0. The van der Waals surface area contributed by atoms with E-state index >= 15 is 0 Å². The highest BCUT2D eigenvalue weighted by Gasteiger charge is 2.19. The van der Waals surface area contributed by atoms with Crippen LogP contribution in [0, 0.1) is 11.8 Å². The zero-order valence-electron chi connectivity index (χ0n) is 11.6. The molecule has 1 heterocycles. The van der Waals surface area contributed by atoms with E-state index in [-0.39, 0.29) is 0 Å². The van der Waals surface area contributed by atoms with Gasteiger partial charge in [-0.2, -0.15) is 0 Å². The van der Waals surface area contributed by atoms with Gasteiger partial charge in [0.15, 0.2) is 0 Å². The van der Waals surface area contributed by atoms with E-state index in [1.165, 1.54) is 37.1 Å². The van der Waals surface area contributed by atoms with Crippen molar-refractivity contribution in [3.05, 3.63) is 35.4 Å². The van der Waals surface area contributed by atoms with Crippen LogP contribution in [0.1, 0.15) is 43.7 Å². The molecule has 0 unspecified atom stereocenters. The molecule has 0 N–H and O–H groups in total. The lowest BCUT2D eigenvalue weighted by Crippen LogP contribution is -2.33. The van der Waals surface area contributed by atoms with Gasteiger partial charge in [-0.05, 0) is 56.3 Å². The van der Waals surface area contributed by atoms with Crippen molar-refractivity contribution in [1.29, 1.82) is 0 Å². The average molecular weight is 241 g/mol. The number of aryl methyl sites for hydroxylation is 1. The first-order chi connectivity index (χ1) is 8.83. The van der Waals surface area contributed by atoms with Gasteiger partial charge in [0.1, 0.15) is 0 Å². The second kappa shape index (κ2) is 6.61. The highest BCUT2D eigenvalue weighted by atomic mass is 15.1. The van der Waals surface area contributed by atoms with Gasteiger partial charge >= 0.3 is 0 Å². The van der Waals surface area contributed by atoms with E-state index in [9.17, 15) is 0 Å². The van der Waals surface area contributed by atoms with Gasteiger partial charge in [0.2, 0.25) is 0 Å². The van der Waals surface area contributed by atoms with Crippen molar-refractivity contribution in [3.8, 4) is 11.8 Å². The summed E-state index contributed by atoms with van der Waals surface area (Å²) in [5.41, 5.74) is 2.96. The molecule has 0 aromatic heterocycles. The summed E-state index contributed by atoms with van der Waals surface area (Å²) in [6.07, 6.45) is 3.68. The second-order valence-electron chi connectivity index (χ2n) is 5.07. The molecule has 2 rings (SSSR count). The van der Waals surface area contributed by atoms with Gasteiger partial charge in [-0.3, -0.25) is 4.90 Å². The molecular formula is C17H23N. The fourth-order valence-electron chi connectivity index (χ4n) is 2.64. The smallest absolute Gasteiger partial charge is 0.0601 e. The maximum absolute atomic E-state index is 3.16. The van der Waals surface area contributed by atoms with Crippen LogP contribution in [0.3, 0.4) is 0 Å². The molecule has 1 saturated heterocycles. The van der Waals surface area contributed by atoms with E-state index in [2.05, 4.69) is 47.9 Å². The van der Waals surface area contributed by atoms with Crippen LogP contribution in [0.2, 0.25) is 0 Å². The van der Waals surface area contributed by atoms with Crippen LogP contribution in [0.5, 0.6) is 0 Å². The molecule has 1 fully saturated rings. The van der Waals surface area contributed by atoms with Gasteiger partial charge < -0.3 is 0 Å². The molecule has 1 aliphatic heterocycles. The lowest BCUT2D eigenvalue weighted by Gasteiger charge is -2.30. The Morgan fingerprint density at radius 3 is 2.39 bits per heavy atom. The molecule has 0 atom stereocenters. The number of nitrogens with zero attached hydrogens (tertiary/aromatic N) is 1. The second-order valence-corrected chi connectivity index (χ2v) is 5.07. The number of hydrogen-bond donors (Lipinski definition) is 0. The molecule has 0 amide bonds. The Morgan fingerprint density at radius 1 is 1.17 bits per heavy atom. The van der Waals surface area contributed by atoms with Crippen molar-refractivity contribution in [1.82, 2.24) is 4.90 Å². The van der Waals surface area contributed by atoms with Gasteiger partial charge in [0.05, 0.1) is 6.54 Å². The van der Waals surface area contributed by atoms with Crippen LogP contribution in [0.25, 0.3) is 0 Å². The Labute approximate surface area is 111 Å². The minimum Gasteiger partial charge on any atom is -0.292 e. The maximum atomic E-state index is 3.16. The van der Waals surface area contributed by atoms with Crippen LogP contribution < -0.4 is 0 Å². The summed E-state index contributed by atoms with van der Waals surface area (Å²) in [7, 11) is 0. The van der Waals surface area contributed by atoms with Crippen LogP contribution in [-0.4, -0.2) is 24.5 Å². The molecule has 0 radical (unpaired) electrons. The number of rotatable bonds is 3. The first-order valence-corrected chi connectivity index (χ1v) is 7.04. The summed E-state index contributed by atoms with van der Waals surface area (Å²) in [5, 5.41) is 0. The quantitative estimate of drug-likeness (QED) is 0.733. The van der Waals surface area contributed by atoms with Gasteiger partial charge in [-0.15, -0.1) is 5.92 Å². The molecule has 18 heavy (non-hydrogen) atoms. The zero-order chi connectivity index (χ0) is 12.8. The maximum Gasteiger partial charge on any atom is 0.0601 e. The van der Waals surface area contributed by atoms with E-state index in [0.717, 1.165) is 18.9 Å². The summed E-state index contributed by atoms with van der Waals surface area (Å²) in [6, 6.07) is 9.21. The molecule has 1 aromatic carbocycles. The van der Waals surface area contributed by atoms with Crippen molar-refractivity contribution >= 4 is 0 Å². The summed E-state index contributed by atoms with van der Waals surface area (Å²) < 4.78 is 0. The van der Waals surface area contributed by atoms with Crippen molar-refractivity contribution in [3.63, 3.8) is 0 Å². The molecule has 96 valence electrons. The Hall–Kier alpha value is -1.26. The van der Waals surface area contributed by atoms with Crippen molar-refractivity contribution < 1.29 is 0 Å². The fourth-order valence-corrected chi connectivity index (χ4v) is 2.64. The number of piperidine rings is 1. The number of benzene rings is 1. The molecule has 0 spiro atoms. The Morgan fingerprint density at radius 2 is 1.83 bits per heavy atom. The summed E-state index contributed by atoms with van der Waals surface area (Å²) in [4.78, 5) is 2.47. The summed E-state index contributed by atoms with van der Waals surface area (Å²) in [6.45, 7) is 7.45. The van der Waals surface area contributed by atoms with Crippen molar-refractivity contribution in [2.24, 2.45) is 0 Å². The SMILES string of the molecule is CC#CCN1CCC(c2ccc(CC)cc2)CC1. The first-order valence-electron chi connectivity index (χ1n) is 7.04. The van der Waals surface area contributed by atoms with Crippen LogP contribution in [-0.2, 0) is 6.42 Å². The molecular weight excluding hydrogens is 218 g/mol. The largest absolute Gasteiger partial charge is 0.292 e. The zero-order valence-corrected chi connectivity index (χ0v) is 11.6. The minimum atomic E-state index is 0.752. The van der Waals surface area contributed by atoms with Crippen molar-refractivity contribution in [2.45, 2.75) is 39.0 Å². The normalized spacial score (nSPS) is 17.2. The van der Waals surface area contributed by atoms with Gasteiger partial charge in [0.25, 0.3) is 0 Å². The van der Waals surface area contributed by atoms with Gasteiger partial charge in [-0.1, -0.05) is 37.1 Å². The molecule has 1 nitrogen and oxygen atoms in total. The molecule has 1 aliphatic rings. The Balaban J connectivity index is 1.89. The third-order valence-corrected chi connectivity index (χ3v) is 3.93. The first kappa shape index (κ1) is 13.2. The van der Waals surface area contributed by atoms with E-state index in [1.807, 2.05) is 6.92 Å². The van der Waals surface area contributed by atoms with Crippen LogP contribution in [0.4, 0.5) is 0 Å². The standard InChI is InChI=1S/C17H23N/c1-3-5-12-18-13-10-17(11-14-18)16-8-6-15(4-2)7-9-16/h6-9,17H,4,10-14H2,1-2H3. The van der Waals surface area contributed by atoms with E-state index < -0.39 is 0 Å². The van der Waals surface area contributed by atoms with Gasteiger partial charge in [0, 0.05) is 0 Å². The van der Waals surface area contributed by atoms with Gasteiger partial charge in [-0.25, -0.2) is 0 Å². The predicted molar refractivity (Wildman–Crippen MR) is 77.7 cm³/mol. The predicted octanol–water partition coefficient (Wildman–Crippen LogP) is 3.45. The van der Waals surface area contributed by atoms with E-state index in [0.29, 0.717) is 0 Å². The molecule has 1 heteroatoms. The number of likely N-dealkylation sites (tertiary alicyclic amines) is 1. The monoisotopic (exact) mass is 241 g/mol.